The van der Waals surface area contributed by atoms with Gasteiger partial charge in [-0.2, -0.15) is 5.26 Å². The van der Waals surface area contributed by atoms with Crippen molar-refractivity contribution in [1.29, 1.82) is 5.26 Å². The van der Waals surface area contributed by atoms with E-state index in [2.05, 4.69) is 21.5 Å². The molecule has 126 valence electrons. The van der Waals surface area contributed by atoms with Gasteiger partial charge >= 0.3 is 0 Å². The number of aromatic amines is 1. The number of aromatic nitrogens is 3. The average molecular weight is 344 g/mol. The van der Waals surface area contributed by atoms with Crippen molar-refractivity contribution >= 4 is 22.8 Å². The summed E-state index contributed by atoms with van der Waals surface area (Å²) in [6.45, 7) is 0. The van der Waals surface area contributed by atoms with E-state index in [1.165, 1.54) is 12.1 Å². The van der Waals surface area contributed by atoms with Gasteiger partial charge in [0.15, 0.2) is 5.65 Å². The number of rotatable bonds is 4. The van der Waals surface area contributed by atoms with E-state index in [1.807, 2.05) is 36.5 Å². The smallest absolute Gasteiger partial charge is 0.269 e. The number of benzene rings is 2. The second-order valence-electron chi connectivity index (χ2n) is 5.59. The second kappa shape index (κ2) is 6.07. The maximum absolute atomic E-state index is 10.7. The highest BCUT2D eigenvalue weighted by Crippen LogP contribution is 2.27. The number of nitriles is 1. The van der Waals surface area contributed by atoms with E-state index < -0.39 is 4.92 Å². The molecule has 8 nitrogen and oxygen atoms in total. The van der Waals surface area contributed by atoms with Crippen LogP contribution in [0.25, 0.3) is 16.9 Å². The molecular formula is C18H12N6O2. The van der Waals surface area contributed by atoms with Crippen LogP contribution in [0.1, 0.15) is 5.56 Å². The maximum Gasteiger partial charge on any atom is 0.269 e. The molecule has 4 aromatic rings. The SMILES string of the molecule is N#Cc1c(Nc2ccc([N+](=O)[O-])cc2)[nH]n2cc(-c3ccccc3)nc12. The van der Waals surface area contributed by atoms with E-state index in [0.29, 0.717) is 22.7 Å². The lowest BCUT2D eigenvalue weighted by atomic mass is 10.2. The van der Waals surface area contributed by atoms with E-state index in [9.17, 15) is 15.4 Å². The molecule has 2 N–H and O–H groups in total. The Kier molecular flexibility index (Phi) is 3.60. The molecule has 0 fully saturated rings. The van der Waals surface area contributed by atoms with Gasteiger partial charge in [0, 0.05) is 23.4 Å². The van der Waals surface area contributed by atoms with Gasteiger partial charge in [-0.1, -0.05) is 30.3 Å². The van der Waals surface area contributed by atoms with Crippen LogP contribution < -0.4 is 5.32 Å². The van der Waals surface area contributed by atoms with Crippen LogP contribution in [-0.4, -0.2) is 19.5 Å². The molecule has 0 saturated heterocycles. The molecule has 0 amide bonds. The van der Waals surface area contributed by atoms with Gasteiger partial charge in [-0.25, -0.2) is 9.50 Å². The summed E-state index contributed by atoms with van der Waals surface area (Å²) in [5, 5.41) is 26.4. The molecular weight excluding hydrogens is 332 g/mol. The van der Waals surface area contributed by atoms with E-state index in [1.54, 1.807) is 16.6 Å². The summed E-state index contributed by atoms with van der Waals surface area (Å²) in [5.74, 6) is 0.475. The Morgan fingerprint density at radius 1 is 1.15 bits per heavy atom. The van der Waals surface area contributed by atoms with Crippen molar-refractivity contribution in [2.24, 2.45) is 0 Å². The number of nitro groups is 1. The highest BCUT2D eigenvalue weighted by molar-refractivity contribution is 5.75. The summed E-state index contributed by atoms with van der Waals surface area (Å²) in [6, 6.07) is 17.8. The molecule has 26 heavy (non-hydrogen) atoms. The summed E-state index contributed by atoms with van der Waals surface area (Å²) in [6.07, 6.45) is 1.81. The van der Waals surface area contributed by atoms with Crippen LogP contribution in [0.15, 0.2) is 60.8 Å². The number of nitro benzene ring substituents is 1. The zero-order chi connectivity index (χ0) is 18.1. The number of fused-ring (bicyclic) bond motifs is 1. The molecule has 0 atom stereocenters. The summed E-state index contributed by atoms with van der Waals surface area (Å²) >= 11 is 0. The van der Waals surface area contributed by atoms with Gasteiger partial charge in [0.1, 0.15) is 17.5 Å². The van der Waals surface area contributed by atoms with Gasteiger partial charge in [0.05, 0.1) is 16.8 Å². The predicted molar refractivity (Wildman–Crippen MR) is 96.1 cm³/mol. The monoisotopic (exact) mass is 344 g/mol. The molecule has 0 unspecified atom stereocenters. The zero-order valence-corrected chi connectivity index (χ0v) is 13.4. The number of anilines is 2. The fourth-order valence-electron chi connectivity index (χ4n) is 2.69. The van der Waals surface area contributed by atoms with Crippen molar-refractivity contribution < 1.29 is 4.92 Å². The third-order valence-electron chi connectivity index (χ3n) is 3.94. The maximum atomic E-state index is 10.7. The Balaban J connectivity index is 1.69. The third kappa shape index (κ3) is 2.63. The summed E-state index contributed by atoms with van der Waals surface area (Å²) in [7, 11) is 0. The van der Waals surface area contributed by atoms with Gasteiger partial charge in [-0.05, 0) is 12.1 Å². The second-order valence-corrected chi connectivity index (χ2v) is 5.59. The normalized spacial score (nSPS) is 10.6. The van der Waals surface area contributed by atoms with Crippen LogP contribution in [0.2, 0.25) is 0 Å². The number of nitrogens with zero attached hydrogens (tertiary/aromatic N) is 4. The fourth-order valence-corrected chi connectivity index (χ4v) is 2.69. The van der Waals surface area contributed by atoms with E-state index >= 15 is 0 Å². The number of imidazole rings is 1. The van der Waals surface area contributed by atoms with Crippen LogP contribution in [0.4, 0.5) is 17.2 Å². The molecule has 2 aromatic heterocycles. The molecule has 0 bridgehead atoms. The number of nitrogens with one attached hydrogen (secondary N) is 2. The van der Waals surface area contributed by atoms with Crippen molar-refractivity contribution in [2.75, 3.05) is 5.32 Å². The van der Waals surface area contributed by atoms with Crippen LogP contribution in [0.3, 0.4) is 0 Å². The van der Waals surface area contributed by atoms with Crippen LogP contribution >= 0.6 is 0 Å². The molecule has 8 heteroatoms. The standard InChI is InChI=1S/C18H12N6O2/c19-10-15-17(20-13-6-8-14(9-7-13)24(25)26)22-23-11-16(21-18(15)23)12-4-2-1-3-5-12/h1-9,11,20,22H. The Hall–Kier alpha value is -4.12. The summed E-state index contributed by atoms with van der Waals surface area (Å²) < 4.78 is 1.68. The van der Waals surface area contributed by atoms with Gasteiger partial charge in [-0.15, -0.1) is 0 Å². The lowest BCUT2D eigenvalue weighted by molar-refractivity contribution is -0.384. The van der Waals surface area contributed by atoms with Crippen molar-refractivity contribution in [3.8, 4) is 17.3 Å². The Bertz CT molecular complexity index is 1140. The van der Waals surface area contributed by atoms with Crippen molar-refractivity contribution in [1.82, 2.24) is 14.6 Å². The zero-order valence-electron chi connectivity index (χ0n) is 13.4. The molecule has 2 aromatic carbocycles. The van der Waals surface area contributed by atoms with E-state index in [-0.39, 0.29) is 5.69 Å². The van der Waals surface area contributed by atoms with Crippen LogP contribution in [0, 0.1) is 21.4 Å². The highest BCUT2D eigenvalue weighted by Gasteiger charge is 2.16. The molecule has 0 aliphatic heterocycles. The number of hydrogen-bond acceptors (Lipinski definition) is 5. The summed E-state index contributed by atoms with van der Waals surface area (Å²) in [4.78, 5) is 14.8. The lowest BCUT2D eigenvalue weighted by Gasteiger charge is -2.03. The average Bonchev–Trinajstić information content (AvgIpc) is 3.20. The first kappa shape index (κ1) is 15.4. The molecule has 2 heterocycles. The highest BCUT2D eigenvalue weighted by atomic mass is 16.6. The molecule has 0 saturated carbocycles. The minimum Gasteiger partial charge on any atom is -0.339 e. The molecule has 0 aliphatic carbocycles. The lowest BCUT2D eigenvalue weighted by Crippen LogP contribution is -1.94. The first-order valence-corrected chi connectivity index (χ1v) is 7.74. The Labute approximate surface area is 147 Å². The van der Waals surface area contributed by atoms with E-state index in [4.69, 9.17) is 0 Å². The Morgan fingerprint density at radius 3 is 2.54 bits per heavy atom. The van der Waals surface area contributed by atoms with Crippen LogP contribution in [-0.2, 0) is 0 Å². The van der Waals surface area contributed by atoms with Gasteiger partial charge in [-0.3, -0.25) is 15.2 Å². The number of hydrogen-bond donors (Lipinski definition) is 2. The molecule has 0 aliphatic rings. The molecule has 0 radical (unpaired) electrons. The van der Waals surface area contributed by atoms with Crippen molar-refractivity contribution in [3.05, 3.63) is 76.5 Å². The first-order valence-electron chi connectivity index (χ1n) is 7.74. The quantitative estimate of drug-likeness (QED) is 0.431. The van der Waals surface area contributed by atoms with Gasteiger partial charge in [0.2, 0.25) is 0 Å². The number of H-pyrrole nitrogens is 1. The van der Waals surface area contributed by atoms with Gasteiger partial charge < -0.3 is 5.32 Å². The predicted octanol–water partition coefficient (Wildman–Crippen LogP) is 3.85. The fraction of sp³-hybridized carbons (Fsp3) is 0. The minimum atomic E-state index is -0.460. The van der Waals surface area contributed by atoms with Gasteiger partial charge in [0.25, 0.3) is 5.69 Å². The van der Waals surface area contributed by atoms with Crippen molar-refractivity contribution in [2.45, 2.75) is 0 Å². The minimum absolute atomic E-state index is 0.00449. The van der Waals surface area contributed by atoms with Crippen molar-refractivity contribution in [3.63, 3.8) is 0 Å². The number of non-ortho nitro benzene ring substituents is 1. The van der Waals surface area contributed by atoms with E-state index in [0.717, 1.165) is 11.3 Å². The molecule has 4 rings (SSSR count). The van der Waals surface area contributed by atoms with Crippen LogP contribution in [0.5, 0.6) is 0 Å². The summed E-state index contributed by atoms with van der Waals surface area (Å²) in [5.41, 5.74) is 3.22. The topological polar surface area (TPSA) is 112 Å². The first-order chi connectivity index (χ1) is 12.7. The third-order valence-corrected chi connectivity index (χ3v) is 3.94. The molecule has 0 spiro atoms. The largest absolute Gasteiger partial charge is 0.339 e. The Morgan fingerprint density at radius 2 is 1.88 bits per heavy atom.